The third kappa shape index (κ3) is 6.60. The summed E-state index contributed by atoms with van der Waals surface area (Å²) >= 11 is 12.0. The average molecular weight is 534 g/mol. The van der Waals surface area contributed by atoms with Gasteiger partial charge in [-0.15, -0.1) is 0 Å². The molecule has 180 valence electrons. The molecule has 0 saturated carbocycles. The van der Waals surface area contributed by atoms with E-state index in [1.54, 1.807) is 36.4 Å². The fourth-order valence-corrected chi connectivity index (χ4v) is 6.24. The Morgan fingerprint density at radius 1 is 1.15 bits per heavy atom. The first-order chi connectivity index (χ1) is 15.4. The second-order valence-electron chi connectivity index (χ2n) is 7.96. The van der Waals surface area contributed by atoms with Gasteiger partial charge in [0, 0.05) is 35.9 Å². The smallest absolute Gasteiger partial charge is 0.231 e. The maximum Gasteiger partial charge on any atom is 0.231 e. The van der Waals surface area contributed by atoms with Gasteiger partial charge < -0.3 is 5.32 Å². The number of nitrogens with zero attached hydrogens (tertiary/aromatic N) is 2. The van der Waals surface area contributed by atoms with Crippen molar-refractivity contribution in [2.75, 3.05) is 36.0 Å². The second-order valence-corrected chi connectivity index (χ2v) is 12.8. The summed E-state index contributed by atoms with van der Waals surface area (Å²) in [5.41, 5.74) is 1.28. The molecule has 1 aliphatic rings. The summed E-state index contributed by atoms with van der Waals surface area (Å²) in [7, 11) is -5.72. The van der Waals surface area contributed by atoms with Gasteiger partial charge in [-0.2, -0.15) is 0 Å². The highest BCUT2D eigenvalue weighted by molar-refractivity contribution is 7.92. The predicted molar refractivity (Wildman–Crippen MR) is 132 cm³/mol. The monoisotopic (exact) mass is 533 g/mol. The van der Waals surface area contributed by atoms with Crippen molar-refractivity contribution in [3.05, 3.63) is 58.1 Å². The van der Waals surface area contributed by atoms with E-state index in [9.17, 15) is 21.6 Å². The van der Waals surface area contributed by atoms with Crippen LogP contribution >= 0.6 is 23.2 Å². The predicted octanol–water partition coefficient (Wildman–Crippen LogP) is 3.57. The Labute approximate surface area is 204 Å². The Morgan fingerprint density at radius 2 is 1.88 bits per heavy atom. The number of sulfonamides is 2. The number of hydrogen-bond acceptors (Lipinski definition) is 5. The van der Waals surface area contributed by atoms with Gasteiger partial charge in [0.1, 0.15) is 0 Å². The van der Waals surface area contributed by atoms with Crippen LogP contribution in [0.2, 0.25) is 10.0 Å². The van der Waals surface area contributed by atoms with Crippen molar-refractivity contribution in [2.24, 2.45) is 5.92 Å². The number of hydrogen-bond donors (Lipinski definition) is 1. The molecule has 33 heavy (non-hydrogen) atoms. The average Bonchev–Trinajstić information content (AvgIpc) is 2.75. The van der Waals surface area contributed by atoms with Gasteiger partial charge in [-0.3, -0.25) is 9.10 Å². The highest BCUT2D eigenvalue weighted by Crippen LogP contribution is 2.27. The molecule has 12 heteroatoms. The summed E-state index contributed by atoms with van der Waals surface area (Å²) in [6, 6.07) is 11.1. The fourth-order valence-electron chi connectivity index (χ4n) is 3.55. The van der Waals surface area contributed by atoms with Crippen molar-refractivity contribution in [1.29, 1.82) is 0 Å². The van der Waals surface area contributed by atoms with Crippen LogP contribution in [0.5, 0.6) is 0 Å². The highest BCUT2D eigenvalue weighted by Gasteiger charge is 2.33. The third-order valence-corrected chi connectivity index (χ3v) is 9.06. The summed E-state index contributed by atoms with van der Waals surface area (Å²) in [5.74, 6) is -1.14. The van der Waals surface area contributed by atoms with Crippen LogP contribution in [-0.2, 0) is 30.6 Å². The number of carbonyl (C=O) groups excluding carboxylic acids is 1. The van der Waals surface area contributed by atoms with Crippen LogP contribution < -0.4 is 9.62 Å². The molecule has 0 aliphatic carbocycles. The van der Waals surface area contributed by atoms with Gasteiger partial charge in [-0.1, -0.05) is 35.3 Å². The van der Waals surface area contributed by atoms with Crippen LogP contribution in [0.25, 0.3) is 0 Å². The summed E-state index contributed by atoms with van der Waals surface area (Å²) in [6.45, 7) is 0.383. The number of benzene rings is 2. The Hall–Kier alpha value is -1.85. The minimum absolute atomic E-state index is 0.0578. The summed E-state index contributed by atoms with van der Waals surface area (Å²) < 4.78 is 51.9. The Kier molecular flexibility index (Phi) is 7.95. The Balaban J connectivity index is 1.69. The lowest BCUT2D eigenvalue weighted by Crippen LogP contribution is -2.44. The number of amides is 1. The minimum atomic E-state index is -3.69. The second kappa shape index (κ2) is 10.2. The SMILES string of the molecule is CN(c1cccc(NC(=O)[C@@H]2CCCN(S(=O)(=O)Cc3ccc(Cl)cc3Cl)C2)c1)S(C)(=O)=O. The standard InChI is InChI=1S/C21H25Cl2N3O5S2/c1-25(32(2,28)29)19-7-3-6-18(12-19)24-21(27)15-5-4-10-26(13-15)33(30,31)14-16-8-9-17(22)11-20(16)23/h3,6-9,11-12,15H,4-5,10,13-14H2,1-2H3,(H,24,27)/t15-/m1/s1. The fraction of sp³-hybridized carbons (Fsp3) is 0.381. The highest BCUT2D eigenvalue weighted by atomic mass is 35.5. The van der Waals surface area contributed by atoms with Crippen LogP contribution in [0.1, 0.15) is 18.4 Å². The number of rotatable bonds is 7. The lowest BCUT2D eigenvalue weighted by molar-refractivity contribution is -0.120. The van der Waals surface area contributed by atoms with Gasteiger partial charge in [0.2, 0.25) is 26.0 Å². The molecule has 0 radical (unpaired) electrons. The van der Waals surface area contributed by atoms with Crippen molar-refractivity contribution in [3.8, 4) is 0 Å². The summed E-state index contributed by atoms with van der Waals surface area (Å²) in [6.07, 6.45) is 2.18. The zero-order valence-electron chi connectivity index (χ0n) is 18.2. The molecule has 1 aliphatic heterocycles. The molecule has 1 amide bonds. The molecule has 3 rings (SSSR count). The largest absolute Gasteiger partial charge is 0.326 e. The van der Waals surface area contributed by atoms with E-state index in [4.69, 9.17) is 23.2 Å². The van der Waals surface area contributed by atoms with Crippen molar-refractivity contribution in [1.82, 2.24) is 4.31 Å². The van der Waals surface area contributed by atoms with Crippen LogP contribution in [0.3, 0.4) is 0 Å². The van der Waals surface area contributed by atoms with E-state index in [-0.39, 0.29) is 23.2 Å². The first-order valence-corrected chi connectivity index (χ1v) is 14.3. The van der Waals surface area contributed by atoms with Crippen LogP contribution in [0.15, 0.2) is 42.5 Å². The molecular formula is C21H25Cl2N3O5S2. The van der Waals surface area contributed by atoms with Crippen LogP contribution in [0.4, 0.5) is 11.4 Å². The van der Waals surface area contributed by atoms with Crippen LogP contribution in [-0.4, -0.2) is 53.4 Å². The molecule has 1 atom stereocenters. The van der Waals surface area contributed by atoms with E-state index in [0.717, 1.165) is 10.6 Å². The van der Waals surface area contributed by atoms with Gasteiger partial charge in [0.05, 0.1) is 23.6 Å². The van der Waals surface area contributed by atoms with E-state index in [1.807, 2.05) is 0 Å². The molecule has 1 heterocycles. The molecule has 1 fully saturated rings. The van der Waals surface area contributed by atoms with Gasteiger partial charge in [-0.25, -0.2) is 21.1 Å². The minimum Gasteiger partial charge on any atom is -0.326 e. The number of nitrogens with one attached hydrogen (secondary N) is 1. The number of anilines is 2. The van der Waals surface area contributed by atoms with E-state index < -0.39 is 26.0 Å². The molecule has 8 nitrogen and oxygen atoms in total. The topological polar surface area (TPSA) is 104 Å². The molecular weight excluding hydrogens is 509 g/mol. The normalized spacial score (nSPS) is 17.5. The van der Waals surface area contributed by atoms with E-state index in [0.29, 0.717) is 41.3 Å². The van der Waals surface area contributed by atoms with Crippen molar-refractivity contribution in [3.63, 3.8) is 0 Å². The van der Waals surface area contributed by atoms with E-state index >= 15 is 0 Å². The molecule has 0 spiro atoms. The first kappa shape index (κ1) is 25.8. The molecule has 0 aromatic heterocycles. The Morgan fingerprint density at radius 3 is 2.55 bits per heavy atom. The zero-order chi connectivity index (χ0) is 24.4. The number of piperidine rings is 1. The number of halogens is 2. The van der Waals surface area contributed by atoms with Crippen LogP contribution in [0, 0.1) is 5.92 Å². The molecule has 0 bridgehead atoms. The third-order valence-electron chi connectivity index (χ3n) is 5.48. The van der Waals surface area contributed by atoms with Gasteiger partial charge >= 0.3 is 0 Å². The van der Waals surface area contributed by atoms with Gasteiger partial charge in [0.15, 0.2) is 0 Å². The summed E-state index contributed by atoms with van der Waals surface area (Å²) in [5, 5.41) is 3.47. The maximum atomic E-state index is 13.0. The van der Waals surface area contributed by atoms with Gasteiger partial charge in [-0.05, 0) is 48.7 Å². The molecule has 2 aromatic rings. The first-order valence-electron chi connectivity index (χ1n) is 10.1. The van der Waals surface area contributed by atoms with Crippen molar-refractivity contribution in [2.45, 2.75) is 18.6 Å². The van der Waals surface area contributed by atoms with E-state index in [1.165, 1.54) is 17.4 Å². The van der Waals surface area contributed by atoms with Crippen molar-refractivity contribution < 1.29 is 21.6 Å². The molecule has 1 saturated heterocycles. The Bertz CT molecular complexity index is 1250. The lowest BCUT2D eigenvalue weighted by Gasteiger charge is -2.31. The molecule has 1 N–H and O–H groups in total. The summed E-state index contributed by atoms with van der Waals surface area (Å²) in [4.78, 5) is 12.9. The lowest BCUT2D eigenvalue weighted by atomic mass is 9.98. The van der Waals surface area contributed by atoms with Crippen molar-refractivity contribution >= 4 is 60.5 Å². The zero-order valence-corrected chi connectivity index (χ0v) is 21.3. The molecule has 0 unspecified atom stereocenters. The number of carbonyl (C=O) groups is 1. The van der Waals surface area contributed by atoms with E-state index in [2.05, 4.69) is 5.32 Å². The van der Waals surface area contributed by atoms with Gasteiger partial charge in [0.25, 0.3) is 0 Å². The maximum absolute atomic E-state index is 13.0. The quantitative estimate of drug-likeness (QED) is 0.585. The molecule has 2 aromatic carbocycles.